The van der Waals surface area contributed by atoms with Crippen molar-refractivity contribution in [3.63, 3.8) is 0 Å². The van der Waals surface area contributed by atoms with Crippen LogP contribution in [0.15, 0.2) is 63.1 Å². The first-order valence-electron chi connectivity index (χ1n) is 8.53. The van der Waals surface area contributed by atoms with Crippen molar-refractivity contribution >= 4 is 23.5 Å². The van der Waals surface area contributed by atoms with Crippen LogP contribution in [0.3, 0.4) is 0 Å². The van der Waals surface area contributed by atoms with Crippen molar-refractivity contribution in [1.82, 2.24) is 9.55 Å². The minimum absolute atomic E-state index is 0.189. The zero-order valence-electron chi connectivity index (χ0n) is 15.7. The summed E-state index contributed by atoms with van der Waals surface area (Å²) in [5.41, 5.74) is -0.440. The summed E-state index contributed by atoms with van der Waals surface area (Å²) in [6.07, 6.45) is 1.15. The molecule has 0 atom stereocenters. The van der Waals surface area contributed by atoms with Gasteiger partial charge in [0.25, 0.3) is 5.56 Å². The van der Waals surface area contributed by atoms with Crippen molar-refractivity contribution < 1.29 is 14.6 Å². The predicted octanol–water partition coefficient (Wildman–Crippen LogP) is 1.95. The number of anilines is 1. The van der Waals surface area contributed by atoms with E-state index in [9.17, 15) is 19.5 Å². The number of carbonyl (C=O) groups is 1. The summed E-state index contributed by atoms with van der Waals surface area (Å²) in [7, 11) is 1.51. The van der Waals surface area contributed by atoms with Crippen LogP contribution < -0.4 is 21.3 Å². The highest BCUT2D eigenvalue weighted by atomic mass is 16.5. The van der Waals surface area contributed by atoms with E-state index < -0.39 is 17.1 Å². The highest BCUT2D eigenvalue weighted by molar-refractivity contribution is 5.89. The SMILES string of the molecule is COc1ccc(-n2c(O)c(C=Nc3cccc(NC(C)=O)c3)c(=O)[nH]c2=O)cc1. The molecule has 2 aromatic carbocycles. The Morgan fingerprint density at radius 3 is 2.59 bits per heavy atom. The molecule has 9 heteroatoms. The normalized spacial score (nSPS) is 10.8. The van der Waals surface area contributed by atoms with Crippen molar-refractivity contribution in [2.24, 2.45) is 4.99 Å². The van der Waals surface area contributed by atoms with E-state index >= 15 is 0 Å². The molecule has 0 radical (unpaired) electrons. The number of aromatic amines is 1. The maximum absolute atomic E-state index is 12.2. The van der Waals surface area contributed by atoms with E-state index in [1.54, 1.807) is 48.5 Å². The van der Waals surface area contributed by atoms with E-state index in [1.807, 2.05) is 0 Å². The summed E-state index contributed by atoms with van der Waals surface area (Å²) in [5.74, 6) is -0.205. The lowest BCUT2D eigenvalue weighted by molar-refractivity contribution is -0.114. The molecule has 0 aliphatic rings. The van der Waals surface area contributed by atoms with Gasteiger partial charge in [-0.3, -0.25) is 19.6 Å². The average Bonchev–Trinajstić information content (AvgIpc) is 2.68. The molecular formula is C20H18N4O5. The van der Waals surface area contributed by atoms with Crippen LogP contribution in [0.4, 0.5) is 11.4 Å². The third-order valence-corrected chi connectivity index (χ3v) is 3.96. The third kappa shape index (κ3) is 4.41. The van der Waals surface area contributed by atoms with Crippen molar-refractivity contribution in [2.75, 3.05) is 12.4 Å². The van der Waals surface area contributed by atoms with Crippen LogP contribution in [0.2, 0.25) is 0 Å². The number of benzene rings is 2. The standard InChI is InChI=1S/C20H18N4O5/c1-12(25)22-14-5-3-4-13(10-14)21-11-17-18(26)23-20(28)24(19(17)27)15-6-8-16(29-2)9-7-15/h3-11,27H,1-2H3,(H,22,25)(H,23,26,28). The fraction of sp³-hybridized carbons (Fsp3) is 0.100. The summed E-state index contributed by atoms with van der Waals surface area (Å²) < 4.78 is 6.03. The highest BCUT2D eigenvalue weighted by Crippen LogP contribution is 2.21. The minimum Gasteiger partial charge on any atom is -0.497 e. The number of hydrogen-bond acceptors (Lipinski definition) is 6. The Morgan fingerprint density at radius 2 is 1.93 bits per heavy atom. The number of amides is 1. The molecule has 1 heterocycles. The van der Waals surface area contributed by atoms with E-state index in [2.05, 4.69) is 15.3 Å². The zero-order valence-corrected chi connectivity index (χ0v) is 15.7. The Labute approximate surface area is 164 Å². The van der Waals surface area contributed by atoms with Gasteiger partial charge in [0.05, 0.1) is 18.5 Å². The van der Waals surface area contributed by atoms with Gasteiger partial charge in [0.2, 0.25) is 11.8 Å². The molecular weight excluding hydrogens is 376 g/mol. The number of aromatic nitrogens is 2. The van der Waals surface area contributed by atoms with Crippen LogP contribution in [0.1, 0.15) is 12.5 Å². The van der Waals surface area contributed by atoms with Crippen LogP contribution >= 0.6 is 0 Å². The Morgan fingerprint density at radius 1 is 1.21 bits per heavy atom. The molecule has 3 N–H and O–H groups in total. The molecule has 29 heavy (non-hydrogen) atoms. The fourth-order valence-corrected chi connectivity index (χ4v) is 2.63. The first-order valence-corrected chi connectivity index (χ1v) is 8.53. The number of aromatic hydroxyl groups is 1. The van der Waals surface area contributed by atoms with Crippen LogP contribution in [0.25, 0.3) is 5.69 Å². The Kier molecular flexibility index (Phi) is 5.59. The minimum atomic E-state index is -0.789. The quantitative estimate of drug-likeness (QED) is 0.570. The second-order valence-corrected chi connectivity index (χ2v) is 6.02. The molecule has 0 saturated heterocycles. The molecule has 1 aromatic heterocycles. The number of nitrogens with one attached hydrogen (secondary N) is 2. The Balaban J connectivity index is 2.02. The maximum Gasteiger partial charge on any atom is 0.335 e. The van der Waals surface area contributed by atoms with Crippen LogP contribution in [-0.2, 0) is 4.79 Å². The van der Waals surface area contributed by atoms with Crippen LogP contribution in [-0.4, -0.2) is 33.9 Å². The zero-order chi connectivity index (χ0) is 21.0. The van der Waals surface area contributed by atoms with Gasteiger partial charge >= 0.3 is 5.69 Å². The summed E-state index contributed by atoms with van der Waals surface area (Å²) in [5, 5.41) is 13.2. The summed E-state index contributed by atoms with van der Waals surface area (Å²) in [6.45, 7) is 1.38. The number of carbonyl (C=O) groups excluding carboxylic acids is 1. The summed E-state index contributed by atoms with van der Waals surface area (Å²) in [6, 6.07) is 13.0. The molecule has 0 fully saturated rings. The number of nitrogens with zero attached hydrogens (tertiary/aromatic N) is 2. The lowest BCUT2D eigenvalue weighted by atomic mass is 10.2. The van der Waals surface area contributed by atoms with E-state index in [0.717, 1.165) is 10.8 Å². The second kappa shape index (κ2) is 8.26. The van der Waals surface area contributed by atoms with Gasteiger partial charge in [-0.2, -0.15) is 0 Å². The number of H-pyrrole nitrogens is 1. The number of hydrogen-bond donors (Lipinski definition) is 3. The molecule has 3 rings (SSSR count). The number of aliphatic imine (C=N–C) groups is 1. The van der Waals surface area contributed by atoms with E-state index in [1.165, 1.54) is 14.0 Å². The molecule has 0 aliphatic heterocycles. The molecule has 0 saturated carbocycles. The highest BCUT2D eigenvalue weighted by Gasteiger charge is 2.14. The maximum atomic E-state index is 12.2. The number of rotatable bonds is 5. The molecule has 148 valence electrons. The van der Waals surface area contributed by atoms with Gasteiger partial charge in [-0.05, 0) is 42.5 Å². The smallest absolute Gasteiger partial charge is 0.335 e. The van der Waals surface area contributed by atoms with E-state index in [0.29, 0.717) is 22.8 Å². The molecule has 0 aliphatic carbocycles. The monoisotopic (exact) mass is 394 g/mol. The molecule has 1 amide bonds. The molecule has 3 aromatic rings. The average molecular weight is 394 g/mol. The van der Waals surface area contributed by atoms with Crippen molar-refractivity contribution in [1.29, 1.82) is 0 Å². The van der Waals surface area contributed by atoms with Crippen molar-refractivity contribution in [3.8, 4) is 17.3 Å². The Hall–Kier alpha value is -4.14. The van der Waals surface area contributed by atoms with Gasteiger partial charge in [-0.25, -0.2) is 9.36 Å². The molecule has 0 spiro atoms. The van der Waals surface area contributed by atoms with Gasteiger partial charge in [0, 0.05) is 18.8 Å². The lowest BCUT2D eigenvalue weighted by Crippen LogP contribution is -2.31. The van der Waals surface area contributed by atoms with Gasteiger partial charge in [-0.1, -0.05) is 6.07 Å². The van der Waals surface area contributed by atoms with Crippen molar-refractivity contribution in [2.45, 2.75) is 6.92 Å². The van der Waals surface area contributed by atoms with Gasteiger partial charge in [0.1, 0.15) is 11.3 Å². The van der Waals surface area contributed by atoms with Crippen LogP contribution in [0, 0.1) is 0 Å². The summed E-state index contributed by atoms with van der Waals surface area (Å²) in [4.78, 5) is 41.9. The number of methoxy groups -OCH3 is 1. The molecule has 0 bridgehead atoms. The van der Waals surface area contributed by atoms with Crippen molar-refractivity contribution in [3.05, 3.63) is 74.9 Å². The fourth-order valence-electron chi connectivity index (χ4n) is 2.63. The Bertz CT molecular complexity index is 1190. The largest absolute Gasteiger partial charge is 0.497 e. The third-order valence-electron chi connectivity index (χ3n) is 3.96. The van der Waals surface area contributed by atoms with E-state index in [-0.39, 0.29) is 11.5 Å². The second-order valence-electron chi connectivity index (χ2n) is 6.02. The topological polar surface area (TPSA) is 126 Å². The van der Waals surface area contributed by atoms with Gasteiger partial charge < -0.3 is 15.2 Å². The molecule has 9 nitrogen and oxygen atoms in total. The number of ether oxygens (including phenoxy) is 1. The predicted molar refractivity (Wildman–Crippen MR) is 109 cm³/mol. The van der Waals surface area contributed by atoms with Gasteiger partial charge in [-0.15, -0.1) is 0 Å². The first-order chi connectivity index (χ1) is 13.9. The lowest BCUT2D eigenvalue weighted by Gasteiger charge is -2.10. The first kappa shape index (κ1) is 19.6. The van der Waals surface area contributed by atoms with Gasteiger partial charge in [0.15, 0.2) is 0 Å². The molecule has 0 unspecified atom stereocenters. The van der Waals surface area contributed by atoms with Crippen LogP contribution in [0.5, 0.6) is 11.6 Å². The summed E-state index contributed by atoms with van der Waals surface area (Å²) >= 11 is 0. The van der Waals surface area contributed by atoms with E-state index in [4.69, 9.17) is 4.74 Å².